The summed E-state index contributed by atoms with van der Waals surface area (Å²) in [5.41, 5.74) is 0. The van der Waals surface area contributed by atoms with E-state index in [0.717, 1.165) is 12.8 Å². The quantitative estimate of drug-likeness (QED) is 0.371. The van der Waals surface area contributed by atoms with Crippen LogP contribution in [0.5, 0.6) is 0 Å². The van der Waals surface area contributed by atoms with Crippen LogP contribution in [0.15, 0.2) is 0 Å². The van der Waals surface area contributed by atoms with Crippen LogP contribution in [0.1, 0.15) is 68.2 Å². The summed E-state index contributed by atoms with van der Waals surface area (Å²) in [5.74, 6) is -0.231. The molecule has 0 rings (SSSR count). The molecule has 0 aliphatic rings. The first-order valence-electron chi connectivity index (χ1n) is 9.09. The summed E-state index contributed by atoms with van der Waals surface area (Å²) in [5, 5.41) is 16.5. The molecule has 24 heavy (non-hydrogen) atoms. The Bertz CT molecular complexity index is 350. The molecule has 0 amide bonds. The van der Waals surface area contributed by atoms with E-state index in [0.29, 0.717) is 6.04 Å². The number of nitrogens with one attached hydrogen (secondary N) is 2. The minimum atomic E-state index is -0.828. The Kier molecular flexibility index (Phi) is 11.5. The molecule has 0 saturated carbocycles. The van der Waals surface area contributed by atoms with Gasteiger partial charge in [0.1, 0.15) is 6.04 Å². The molecule has 6 heteroatoms. The van der Waals surface area contributed by atoms with Crippen LogP contribution in [0.4, 0.5) is 0 Å². The zero-order valence-electron chi connectivity index (χ0n) is 16.6. The van der Waals surface area contributed by atoms with Gasteiger partial charge in [-0.2, -0.15) is 0 Å². The molecule has 0 fully saturated rings. The molecule has 6 nitrogen and oxygen atoms in total. The highest BCUT2D eigenvalue weighted by Crippen LogP contribution is 2.10. The van der Waals surface area contributed by atoms with Crippen LogP contribution in [0.3, 0.4) is 0 Å². The minimum absolute atomic E-state index is 0.0569. The molecule has 0 heterocycles. The van der Waals surface area contributed by atoms with Crippen LogP contribution in [-0.2, 0) is 14.3 Å². The largest absolute Gasteiger partial charge is 0.462 e. The fraction of sp³-hybridized carbons (Fsp3) is 0.944. The highest BCUT2D eigenvalue weighted by atomic mass is 16.6. The topological polar surface area (TPSA) is 79.8 Å². The Morgan fingerprint density at radius 3 is 2.04 bits per heavy atom. The monoisotopic (exact) mass is 346 g/mol. The number of hydrogen-bond acceptors (Lipinski definition) is 6. The second-order valence-electron chi connectivity index (χ2n) is 7.30. The van der Waals surface area contributed by atoms with Crippen molar-refractivity contribution in [2.75, 3.05) is 0 Å². The number of rotatable bonds is 12. The Labute approximate surface area is 147 Å². The van der Waals surface area contributed by atoms with Crippen molar-refractivity contribution in [3.63, 3.8) is 0 Å². The predicted molar refractivity (Wildman–Crippen MR) is 96.8 cm³/mol. The Hall–Kier alpha value is -0.690. The van der Waals surface area contributed by atoms with Gasteiger partial charge in [-0.15, -0.1) is 0 Å². The Balaban J connectivity index is 4.08. The van der Waals surface area contributed by atoms with Crippen molar-refractivity contribution in [1.82, 2.24) is 10.6 Å². The average Bonchev–Trinajstić information content (AvgIpc) is 2.43. The van der Waals surface area contributed by atoms with E-state index in [9.17, 15) is 9.90 Å². The van der Waals surface area contributed by atoms with E-state index >= 15 is 0 Å². The molecule has 0 bridgehead atoms. The smallest absolute Gasteiger partial charge is 0.323 e. The first-order valence-corrected chi connectivity index (χ1v) is 9.09. The van der Waals surface area contributed by atoms with Crippen molar-refractivity contribution < 1.29 is 19.4 Å². The predicted octanol–water partition coefficient (Wildman–Crippen LogP) is 2.19. The lowest BCUT2D eigenvalue weighted by Gasteiger charge is -2.26. The first kappa shape index (κ1) is 23.3. The van der Waals surface area contributed by atoms with Gasteiger partial charge in [0.15, 0.2) is 6.29 Å². The number of carbonyl (C=O) groups excluding carboxylic acids is 1. The molecule has 0 aliphatic carbocycles. The van der Waals surface area contributed by atoms with E-state index in [1.807, 2.05) is 55.4 Å². The van der Waals surface area contributed by atoms with Gasteiger partial charge in [-0.3, -0.25) is 4.79 Å². The molecule has 0 spiro atoms. The van der Waals surface area contributed by atoms with E-state index in [2.05, 4.69) is 10.6 Å². The second kappa shape index (κ2) is 11.8. The van der Waals surface area contributed by atoms with Gasteiger partial charge in [0.25, 0.3) is 0 Å². The van der Waals surface area contributed by atoms with Crippen LogP contribution in [0.2, 0.25) is 0 Å². The molecule has 0 aromatic carbocycles. The molecule has 3 unspecified atom stereocenters. The highest BCUT2D eigenvalue weighted by molar-refractivity contribution is 5.75. The van der Waals surface area contributed by atoms with Gasteiger partial charge in [-0.1, -0.05) is 13.8 Å². The third-order valence-corrected chi connectivity index (χ3v) is 3.64. The van der Waals surface area contributed by atoms with E-state index in [4.69, 9.17) is 9.47 Å². The molecule has 3 N–H and O–H groups in total. The van der Waals surface area contributed by atoms with Crippen LogP contribution < -0.4 is 10.6 Å². The summed E-state index contributed by atoms with van der Waals surface area (Å²) in [6.07, 6.45) is 0.655. The van der Waals surface area contributed by atoms with Gasteiger partial charge in [-0.25, -0.2) is 0 Å². The minimum Gasteiger partial charge on any atom is -0.462 e. The van der Waals surface area contributed by atoms with Crippen molar-refractivity contribution in [3.8, 4) is 0 Å². The van der Waals surface area contributed by atoms with Crippen molar-refractivity contribution in [2.45, 2.75) is 111 Å². The van der Waals surface area contributed by atoms with Crippen LogP contribution >= 0.6 is 0 Å². The van der Waals surface area contributed by atoms with E-state index < -0.39 is 6.29 Å². The summed E-state index contributed by atoms with van der Waals surface area (Å²) in [6, 6.07) is 0.00674. The highest BCUT2D eigenvalue weighted by Gasteiger charge is 2.20. The fourth-order valence-corrected chi connectivity index (χ4v) is 2.43. The molecule has 0 aromatic rings. The number of ether oxygens (including phenoxy) is 2. The van der Waals surface area contributed by atoms with Crippen LogP contribution in [-0.4, -0.2) is 53.7 Å². The lowest BCUT2D eigenvalue weighted by atomic mass is 10.1. The normalized spacial score (nSPS) is 18.3. The zero-order valence-corrected chi connectivity index (χ0v) is 16.6. The number of esters is 1. The third kappa shape index (κ3) is 11.0. The van der Waals surface area contributed by atoms with Crippen molar-refractivity contribution in [1.29, 1.82) is 0 Å². The molecule has 0 saturated heterocycles. The number of aliphatic hydroxyl groups excluding tert-OH is 1. The van der Waals surface area contributed by atoms with E-state index in [1.54, 1.807) is 0 Å². The van der Waals surface area contributed by atoms with Gasteiger partial charge in [0.2, 0.25) is 0 Å². The van der Waals surface area contributed by atoms with Gasteiger partial charge in [0, 0.05) is 12.1 Å². The van der Waals surface area contributed by atoms with Gasteiger partial charge >= 0.3 is 5.97 Å². The maximum Gasteiger partial charge on any atom is 0.323 e. The van der Waals surface area contributed by atoms with Crippen molar-refractivity contribution in [2.24, 2.45) is 0 Å². The van der Waals surface area contributed by atoms with Crippen molar-refractivity contribution in [3.05, 3.63) is 0 Å². The van der Waals surface area contributed by atoms with Gasteiger partial charge in [-0.05, 0) is 54.4 Å². The maximum absolute atomic E-state index is 11.8. The van der Waals surface area contributed by atoms with E-state index in [1.165, 1.54) is 0 Å². The fourth-order valence-electron chi connectivity index (χ4n) is 2.43. The molecule has 0 radical (unpaired) electrons. The van der Waals surface area contributed by atoms with Crippen LogP contribution in [0, 0.1) is 0 Å². The summed E-state index contributed by atoms with van der Waals surface area (Å²) in [6.45, 7) is 15.4. The summed E-state index contributed by atoms with van der Waals surface area (Å²) >= 11 is 0. The molecular formula is C18H38N2O4. The van der Waals surface area contributed by atoms with Crippen LogP contribution in [0.25, 0.3) is 0 Å². The average molecular weight is 347 g/mol. The second-order valence-corrected chi connectivity index (χ2v) is 7.30. The third-order valence-electron chi connectivity index (χ3n) is 3.64. The molecule has 144 valence electrons. The Morgan fingerprint density at radius 1 is 0.958 bits per heavy atom. The number of carbonyl (C=O) groups is 1. The molecule has 0 aliphatic heterocycles. The van der Waals surface area contributed by atoms with Crippen molar-refractivity contribution >= 4 is 5.97 Å². The maximum atomic E-state index is 11.8. The lowest BCUT2D eigenvalue weighted by molar-refractivity contribution is -0.150. The SMILES string of the molecule is CC(C)N[C@@H](C)C(O)OC(C)CCC(C)N[C@H](C)C(=O)OC(C)C. The van der Waals surface area contributed by atoms with Gasteiger partial charge in [0.05, 0.1) is 18.2 Å². The molecule has 0 aromatic heterocycles. The summed E-state index contributed by atoms with van der Waals surface area (Å²) in [4.78, 5) is 11.8. The van der Waals surface area contributed by atoms with Gasteiger partial charge < -0.3 is 25.2 Å². The number of hydrogen-bond donors (Lipinski definition) is 3. The first-order chi connectivity index (χ1) is 11.0. The standard InChI is InChI=1S/C18H38N2O4/c1-11(2)19-15(7)18(22)24-14(6)10-9-13(5)20-16(8)17(21)23-12(3)4/h11-16,18-20,22H,9-10H2,1-8H3/t13?,14?,15-,16+,18?/m0/s1. The molecule has 5 atom stereocenters. The summed E-state index contributed by atoms with van der Waals surface area (Å²) in [7, 11) is 0. The number of aliphatic hydroxyl groups is 1. The Morgan fingerprint density at radius 2 is 1.54 bits per heavy atom. The molecular weight excluding hydrogens is 308 g/mol. The lowest BCUT2D eigenvalue weighted by Crippen LogP contribution is -2.44. The van der Waals surface area contributed by atoms with E-state index in [-0.39, 0.29) is 36.3 Å². The zero-order chi connectivity index (χ0) is 18.9. The summed E-state index contributed by atoms with van der Waals surface area (Å²) < 4.78 is 10.8.